The molecule has 0 aromatic heterocycles. The molecule has 0 amide bonds. The predicted molar refractivity (Wildman–Crippen MR) is 125 cm³/mol. The number of ether oxygens (including phenoxy) is 1. The highest BCUT2D eigenvalue weighted by Crippen LogP contribution is 2.67. The third-order valence-electron chi connectivity index (χ3n) is 7.29. The lowest BCUT2D eigenvalue weighted by Gasteiger charge is -2.37. The van der Waals surface area contributed by atoms with Crippen LogP contribution in [0.4, 0.5) is 5.69 Å². The summed E-state index contributed by atoms with van der Waals surface area (Å²) in [5, 5.41) is 36.2. The maximum absolute atomic E-state index is 13.8. The van der Waals surface area contributed by atoms with Gasteiger partial charge in [0.25, 0.3) is 0 Å². The number of phenols is 1. The van der Waals surface area contributed by atoms with E-state index in [0.717, 1.165) is 0 Å². The summed E-state index contributed by atoms with van der Waals surface area (Å²) in [6, 6.07) is 5.29. The molecule has 0 saturated carbocycles. The van der Waals surface area contributed by atoms with E-state index in [-0.39, 0.29) is 40.0 Å². The quantitative estimate of drug-likeness (QED) is 0.210. The number of aliphatic hydroxyl groups is 2. The molecule has 2 unspecified atom stereocenters. The molecular formula is C27H20N2O6. The van der Waals surface area contributed by atoms with Crippen LogP contribution in [0.15, 0.2) is 36.4 Å². The van der Waals surface area contributed by atoms with Gasteiger partial charge >= 0.3 is 0 Å². The van der Waals surface area contributed by atoms with Crippen molar-refractivity contribution in [2.75, 3.05) is 5.32 Å². The van der Waals surface area contributed by atoms with Crippen molar-refractivity contribution in [2.24, 2.45) is 5.73 Å². The Morgan fingerprint density at radius 1 is 1.14 bits per heavy atom. The maximum atomic E-state index is 13.8. The van der Waals surface area contributed by atoms with Crippen LogP contribution in [0.5, 0.6) is 5.75 Å². The Morgan fingerprint density at radius 3 is 2.60 bits per heavy atom. The number of aliphatic hydroxyl groups excluding tert-OH is 2. The van der Waals surface area contributed by atoms with E-state index in [0.29, 0.717) is 5.56 Å². The van der Waals surface area contributed by atoms with E-state index in [1.807, 2.05) is 0 Å². The lowest BCUT2D eigenvalue weighted by molar-refractivity contribution is 0.0867. The van der Waals surface area contributed by atoms with Gasteiger partial charge < -0.3 is 31.1 Å². The van der Waals surface area contributed by atoms with Crippen LogP contribution >= 0.6 is 0 Å². The average Bonchev–Trinajstić information content (AvgIpc) is 3.57. The highest BCUT2D eigenvalue weighted by Gasteiger charge is 2.82. The van der Waals surface area contributed by atoms with Crippen molar-refractivity contribution in [1.82, 2.24) is 0 Å². The second-order valence-electron chi connectivity index (χ2n) is 8.97. The molecule has 6 N–H and O–H groups in total. The van der Waals surface area contributed by atoms with E-state index in [1.54, 1.807) is 18.2 Å². The number of allylic oxidation sites excluding steroid dienone is 2. The van der Waals surface area contributed by atoms with Crippen molar-refractivity contribution in [3.8, 4) is 29.4 Å². The molecular weight excluding hydrogens is 448 g/mol. The van der Waals surface area contributed by atoms with Gasteiger partial charge in [-0.05, 0) is 30.7 Å². The first-order chi connectivity index (χ1) is 16.8. The number of carbonyl (C=O) groups is 2. The molecule has 1 saturated heterocycles. The molecule has 5 atom stereocenters. The van der Waals surface area contributed by atoms with Gasteiger partial charge in [-0.1, -0.05) is 41.9 Å². The van der Waals surface area contributed by atoms with Gasteiger partial charge in [-0.15, -0.1) is 0 Å². The van der Waals surface area contributed by atoms with Crippen LogP contribution in [0.2, 0.25) is 0 Å². The number of ketones is 2. The first kappa shape index (κ1) is 21.6. The molecule has 8 nitrogen and oxygen atoms in total. The SMILES string of the molecule is C[C@@H](O)C12O[C@]13c1cc(O)c4c(c1NC2C#C/C=C\C#C[C@H]3O)C(=O)c1cccc(CN)c1C4=O. The molecule has 2 aliphatic heterocycles. The summed E-state index contributed by atoms with van der Waals surface area (Å²) < 4.78 is 6.14. The summed E-state index contributed by atoms with van der Waals surface area (Å²) in [5.74, 6) is 9.79. The zero-order valence-electron chi connectivity index (χ0n) is 18.5. The Labute approximate surface area is 200 Å². The highest BCUT2D eigenvalue weighted by atomic mass is 16.7. The van der Waals surface area contributed by atoms with E-state index in [2.05, 4.69) is 29.0 Å². The second-order valence-corrected chi connectivity index (χ2v) is 8.97. The Kier molecular flexibility index (Phi) is 4.35. The van der Waals surface area contributed by atoms with Gasteiger partial charge in [0, 0.05) is 23.2 Å². The molecule has 2 aromatic carbocycles. The molecule has 2 bridgehead atoms. The van der Waals surface area contributed by atoms with E-state index in [1.165, 1.54) is 25.1 Å². The van der Waals surface area contributed by atoms with Crippen LogP contribution in [0.25, 0.3) is 0 Å². The number of benzene rings is 2. The molecule has 35 heavy (non-hydrogen) atoms. The summed E-state index contributed by atoms with van der Waals surface area (Å²) in [5.41, 5.74) is 3.88. The smallest absolute Gasteiger partial charge is 0.198 e. The van der Waals surface area contributed by atoms with Crippen molar-refractivity contribution in [3.63, 3.8) is 0 Å². The van der Waals surface area contributed by atoms with Crippen LogP contribution in [0, 0.1) is 23.7 Å². The molecule has 1 fully saturated rings. The number of nitrogens with one attached hydrogen (secondary N) is 1. The first-order valence-corrected chi connectivity index (χ1v) is 11.1. The Balaban J connectivity index is 1.68. The van der Waals surface area contributed by atoms with Gasteiger partial charge in [-0.2, -0.15) is 0 Å². The van der Waals surface area contributed by atoms with Crippen molar-refractivity contribution < 1.29 is 29.6 Å². The third-order valence-corrected chi connectivity index (χ3v) is 7.29. The van der Waals surface area contributed by atoms with Crippen LogP contribution in [-0.4, -0.2) is 50.7 Å². The number of epoxide rings is 1. The minimum absolute atomic E-state index is 0.0414. The number of aromatic hydroxyl groups is 1. The van der Waals surface area contributed by atoms with Gasteiger partial charge in [-0.25, -0.2) is 0 Å². The molecule has 6 rings (SSSR count). The monoisotopic (exact) mass is 468 g/mol. The highest BCUT2D eigenvalue weighted by molar-refractivity contribution is 6.31. The fourth-order valence-corrected chi connectivity index (χ4v) is 5.73. The van der Waals surface area contributed by atoms with Crippen LogP contribution in [-0.2, 0) is 16.9 Å². The first-order valence-electron chi connectivity index (χ1n) is 11.1. The third kappa shape index (κ3) is 2.47. The van der Waals surface area contributed by atoms with Crippen molar-refractivity contribution in [3.05, 3.63) is 69.8 Å². The normalized spacial score (nSPS) is 30.5. The summed E-state index contributed by atoms with van der Waals surface area (Å²) in [6.45, 7) is 1.56. The van der Waals surface area contributed by atoms with Gasteiger partial charge in [0.2, 0.25) is 0 Å². The number of fused-ring (bicyclic) bond motifs is 4. The van der Waals surface area contributed by atoms with Gasteiger partial charge in [0.15, 0.2) is 28.9 Å². The van der Waals surface area contributed by atoms with Crippen molar-refractivity contribution in [2.45, 2.75) is 42.9 Å². The average molecular weight is 468 g/mol. The largest absolute Gasteiger partial charge is 0.507 e. The Bertz CT molecular complexity index is 1520. The Hall–Kier alpha value is -3.92. The standard InChI is InChI=1S/C27H20N2O6/c1-13(30)26-18-9-4-2-3-5-10-19(32)27(26,35-26)16-11-17(31)21-22(23(16)29-18)24(33)15-8-6-7-14(12-28)20(15)25(21)34/h2-3,6-8,11,13,18-19,29-32H,12,28H2,1H3/b3-2-/t13-,18?,19-,26?,27+/m1/s1. The molecule has 174 valence electrons. The van der Waals surface area contributed by atoms with Crippen LogP contribution < -0.4 is 11.1 Å². The lowest BCUT2D eigenvalue weighted by Crippen LogP contribution is -2.54. The topological polar surface area (TPSA) is 145 Å². The summed E-state index contributed by atoms with van der Waals surface area (Å²) in [6.07, 6.45) is 0.464. The van der Waals surface area contributed by atoms with Gasteiger partial charge in [-0.3, -0.25) is 9.59 Å². The minimum atomic E-state index is -1.59. The minimum Gasteiger partial charge on any atom is -0.507 e. The maximum Gasteiger partial charge on any atom is 0.198 e. The molecule has 4 aliphatic rings. The molecule has 0 radical (unpaired) electrons. The summed E-state index contributed by atoms with van der Waals surface area (Å²) in [7, 11) is 0. The number of phenolic OH excluding ortho intramolecular Hbond substituents is 1. The Morgan fingerprint density at radius 2 is 1.89 bits per heavy atom. The van der Waals surface area contributed by atoms with Crippen molar-refractivity contribution in [1.29, 1.82) is 0 Å². The second kappa shape index (κ2) is 7.05. The molecule has 2 aromatic rings. The fraction of sp³-hybridized carbons (Fsp3) is 0.259. The molecule has 2 aliphatic carbocycles. The summed E-state index contributed by atoms with van der Waals surface area (Å²) >= 11 is 0. The lowest BCUT2D eigenvalue weighted by atomic mass is 9.69. The number of carbonyl (C=O) groups excluding carboxylic acids is 2. The van der Waals surface area contributed by atoms with Crippen LogP contribution in [0.3, 0.4) is 0 Å². The van der Waals surface area contributed by atoms with Crippen molar-refractivity contribution >= 4 is 17.3 Å². The molecule has 0 spiro atoms. The van der Waals surface area contributed by atoms with E-state index < -0.39 is 46.8 Å². The van der Waals surface area contributed by atoms with E-state index in [9.17, 15) is 24.9 Å². The zero-order chi connectivity index (χ0) is 24.7. The van der Waals surface area contributed by atoms with Gasteiger partial charge in [0.1, 0.15) is 11.8 Å². The number of rotatable bonds is 2. The molecule has 8 heteroatoms. The number of hydrogen-bond acceptors (Lipinski definition) is 8. The van der Waals surface area contributed by atoms with E-state index in [4.69, 9.17) is 10.5 Å². The number of nitrogens with two attached hydrogens (primary N) is 1. The molecule has 2 heterocycles. The number of hydrogen-bond donors (Lipinski definition) is 5. The van der Waals surface area contributed by atoms with Crippen LogP contribution in [0.1, 0.15) is 49.9 Å². The summed E-state index contributed by atoms with van der Waals surface area (Å²) in [4.78, 5) is 27.3. The zero-order valence-corrected chi connectivity index (χ0v) is 18.5. The van der Waals surface area contributed by atoms with E-state index >= 15 is 0 Å². The fourth-order valence-electron chi connectivity index (χ4n) is 5.73. The predicted octanol–water partition coefficient (Wildman–Crippen LogP) is 0.703. The number of anilines is 1. The van der Waals surface area contributed by atoms with Gasteiger partial charge in [0.05, 0.1) is 22.9 Å².